The summed E-state index contributed by atoms with van der Waals surface area (Å²) in [6, 6.07) is 3.68. The van der Waals surface area contributed by atoms with Gasteiger partial charge in [0.05, 0.1) is 12.8 Å². The van der Waals surface area contributed by atoms with E-state index in [9.17, 15) is 14.0 Å². The molecule has 0 fully saturated rings. The first-order valence-corrected chi connectivity index (χ1v) is 5.24. The van der Waals surface area contributed by atoms with E-state index in [1.54, 1.807) is 0 Å². The molecule has 1 rings (SSSR count). The molecule has 0 unspecified atom stereocenters. The Kier molecular flexibility index (Phi) is 3.90. The normalized spacial score (nSPS) is 10.9. The van der Waals surface area contributed by atoms with Crippen LogP contribution in [0, 0.1) is 5.82 Å². The fourth-order valence-corrected chi connectivity index (χ4v) is 1.33. The summed E-state index contributed by atoms with van der Waals surface area (Å²) in [5, 5.41) is 2.45. The monoisotopic (exact) mass is 254 g/mol. The van der Waals surface area contributed by atoms with Crippen molar-refractivity contribution >= 4 is 17.6 Å². The van der Waals surface area contributed by atoms with Crippen molar-refractivity contribution in [2.75, 3.05) is 12.8 Å². The summed E-state index contributed by atoms with van der Waals surface area (Å²) < 4.78 is 17.7. The lowest BCUT2D eigenvalue weighted by Crippen LogP contribution is -2.50. The molecular formula is C12H15FN2O3. The van der Waals surface area contributed by atoms with Crippen molar-refractivity contribution in [3.8, 4) is 0 Å². The summed E-state index contributed by atoms with van der Waals surface area (Å²) in [4.78, 5) is 23.2. The standard InChI is InChI=1S/C12H15FN2O3/c1-12(2,11(17)18-3)15-10(16)7-4-5-9(14)8(13)6-7/h4-6H,14H2,1-3H3,(H,15,16). The van der Waals surface area contributed by atoms with Crippen molar-refractivity contribution in [3.63, 3.8) is 0 Å². The highest BCUT2D eigenvalue weighted by Gasteiger charge is 2.30. The van der Waals surface area contributed by atoms with Gasteiger partial charge in [0.1, 0.15) is 11.4 Å². The molecular weight excluding hydrogens is 239 g/mol. The Hall–Kier alpha value is -2.11. The molecule has 0 radical (unpaired) electrons. The predicted molar refractivity (Wildman–Crippen MR) is 64.4 cm³/mol. The van der Waals surface area contributed by atoms with Crippen LogP contribution in [0.5, 0.6) is 0 Å². The number of anilines is 1. The average molecular weight is 254 g/mol. The maximum atomic E-state index is 13.2. The van der Waals surface area contributed by atoms with Gasteiger partial charge in [-0.3, -0.25) is 4.79 Å². The minimum Gasteiger partial charge on any atom is -0.467 e. The Morgan fingerprint density at radius 2 is 2.00 bits per heavy atom. The molecule has 0 heterocycles. The lowest BCUT2D eigenvalue weighted by atomic mass is 10.0. The second-order valence-electron chi connectivity index (χ2n) is 4.31. The zero-order valence-corrected chi connectivity index (χ0v) is 10.4. The smallest absolute Gasteiger partial charge is 0.330 e. The van der Waals surface area contributed by atoms with Gasteiger partial charge in [0.2, 0.25) is 0 Å². The average Bonchev–Trinajstić information content (AvgIpc) is 2.30. The number of hydrogen-bond acceptors (Lipinski definition) is 4. The number of amides is 1. The zero-order valence-electron chi connectivity index (χ0n) is 10.4. The van der Waals surface area contributed by atoms with Crippen LogP contribution in [0.1, 0.15) is 24.2 Å². The van der Waals surface area contributed by atoms with E-state index in [0.717, 1.165) is 6.07 Å². The van der Waals surface area contributed by atoms with Crippen LogP contribution in [0.2, 0.25) is 0 Å². The summed E-state index contributed by atoms with van der Waals surface area (Å²) in [5.41, 5.74) is 4.15. The molecule has 1 aromatic rings. The van der Waals surface area contributed by atoms with Gasteiger partial charge in [0, 0.05) is 5.56 Å². The highest BCUT2D eigenvalue weighted by Crippen LogP contribution is 2.13. The quantitative estimate of drug-likeness (QED) is 0.625. The molecule has 0 spiro atoms. The number of rotatable bonds is 3. The maximum absolute atomic E-state index is 13.2. The number of carbonyl (C=O) groups excluding carboxylic acids is 2. The van der Waals surface area contributed by atoms with E-state index in [4.69, 9.17) is 5.73 Å². The zero-order chi connectivity index (χ0) is 13.9. The Morgan fingerprint density at radius 1 is 1.39 bits per heavy atom. The molecule has 1 aromatic carbocycles. The highest BCUT2D eigenvalue weighted by molar-refractivity contribution is 5.98. The van der Waals surface area contributed by atoms with E-state index >= 15 is 0 Å². The molecule has 3 N–H and O–H groups in total. The van der Waals surface area contributed by atoms with Gasteiger partial charge in [0.25, 0.3) is 5.91 Å². The number of ether oxygens (including phenoxy) is 1. The van der Waals surface area contributed by atoms with Gasteiger partial charge >= 0.3 is 5.97 Å². The summed E-state index contributed by atoms with van der Waals surface area (Å²) in [6.45, 7) is 2.98. The third kappa shape index (κ3) is 2.97. The molecule has 0 aromatic heterocycles. The van der Waals surface area contributed by atoms with Crippen LogP contribution in [0.15, 0.2) is 18.2 Å². The van der Waals surface area contributed by atoms with Gasteiger partial charge in [-0.25, -0.2) is 9.18 Å². The highest BCUT2D eigenvalue weighted by atomic mass is 19.1. The fourth-order valence-electron chi connectivity index (χ4n) is 1.33. The number of carbonyl (C=O) groups is 2. The first kappa shape index (κ1) is 14.0. The van der Waals surface area contributed by atoms with Crippen LogP contribution >= 0.6 is 0 Å². The molecule has 18 heavy (non-hydrogen) atoms. The molecule has 6 heteroatoms. The van der Waals surface area contributed by atoms with Gasteiger partial charge in [0.15, 0.2) is 0 Å². The minimum atomic E-state index is -1.19. The Morgan fingerprint density at radius 3 is 2.50 bits per heavy atom. The van der Waals surface area contributed by atoms with Crippen molar-refractivity contribution in [1.29, 1.82) is 0 Å². The molecule has 0 saturated heterocycles. The largest absolute Gasteiger partial charge is 0.467 e. The molecule has 1 amide bonds. The van der Waals surface area contributed by atoms with Gasteiger partial charge in [-0.2, -0.15) is 0 Å². The van der Waals surface area contributed by atoms with Gasteiger partial charge in [-0.1, -0.05) is 0 Å². The third-order valence-corrected chi connectivity index (χ3v) is 2.38. The molecule has 0 saturated carbocycles. The molecule has 0 bridgehead atoms. The van der Waals surface area contributed by atoms with Crippen molar-refractivity contribution < 1.29 is 18.7 Å². The van der Waals surface area contributed by atoms with Crippen LogP contribution < -0.4 is 11.1 Å². The van der Waals surface area contributed by atoms with E-state index in [0.29, 0.717) is 0 Å². The minimum absolute atomic E-state index is 0.0428. The number of halogens is 1. The van der Waals surface area contributed by atoms with Crippen molar-refractivity contribution in [1.82, 2.24) is 5.32 Å². The van der Waals surface area contributed by atoms with Crippen molar-refractivity contribution in [2.45, 2.75) is 19.4 Å². The number of nitrogen functional groups attached to an aromatic ring is 1. The number of nitrogens with one attached hydrogen (secondary N) is 1. The third-order valence-electron chi connectivity index (χ3n) is 2.38. The number of methoxy groups -OCH3 is 1. The summed E-state index contributed by atoms with van der Waals surface area (Å²) >= 11 is 0. The molecule has 0 aliphatic rings. The Bertz CT molecular complexity index is 486. The first-order valence-electron chi connectivity index (χ1n) is 5.24. The van der Waals surface area contributed by atoms with Gasteiger partial charge < -0.3 is 15.8 Å². The molecule has 98 valence electrons. The maximum Gasteiger partial charge on any atom is 0.330 e. The van der Waals surface area contributed by atoms with Gasteiger partial charge in [-0.05, 0) is 32.0 Å². The predicted octanol–water partition coefficient (Wildman–Crippen LogP) is 1.09. The second-order valence-corrected chi connectivity index (χ2v) is 4.31. The van der Waals surface area contributed by atoms with Crippen LogP contribution in [-0.2, 0) is 9.53 Å². The SMILES string of the molecule is COC(=O)C(C)(C)NC(=O)c1ccc(N)c(F)c1. The Balaban J connectivity index is 2.89. The fraction of sp³-hybridized carbons (Fsp3) is 0.333. The van der Waals surface area contributed by atoms with E-state index < -0.39 is 23.2 Å². The van der Waals surface area contributed by atoms with Crippen LogP contribution in [0.4, 0.5) is 10.1 Å². The molecule has 0 aliphatic carbocycles. The number of nitrogens with two attached hydrogens (primary N) is 1. The molecule has 0 atom stereocenters. The van der Waals surface area contributed by atoms with Gasteiger partial charge in [-0.15, -0.1) is 0 Å². The van der Waals surface area contributed by atoms with Crippen LogP contribution in [0.25, 0.3) is 0 Å². The molecule has 0 aliphatic heterocycles. The first-order chi connectivity index (χ1) is 8.27. The van der Waals surface area contributed by atoms with Crippen LogP contribution in [-0.4, -0.2) is 24.5 Å². The van der Waals surface area contributed by atoms with Crippen molar-refractivity contribution in [3.05, 3.63) is 29.6 Å². The lowest BCUT2D eigenvalue weighted by molar-refractivity contribution is -0.146. The second kappa shape index (κ2) is 5.03. The van der Waals surface area contributed by atoms with E-state index in [1.165, 1.54) is 33.1 Å². The Labute approximate surface area is 104 Å². The van der Waals surface area contributed by atoms with Crippen LogP contribution in [0.3, 0.4) is 0 Å². The van der Waals surface area contributed by atoms with E-state index in [1.807, 2.05) is 0 Å². The van der Waals surface area contributed by atoms with E-state index in [-0.39, 0.29) is 11.3 Å². The lowest BCUT2D eigenvalue weighted by Gasteiger charge is -2.23. The summed E-state index contributed by atoms with van der Waals surface area (Å²) in [7, 11) is 1.22. The summed E-state index contributed by atoms with van der Waals surface area (Å²) in [5.74, 6) is -1.85. The number of esters is 1. The van der Waals surface area contributed by atoms with Crippen molar-refractivity contribution in [2.24, 2.45) is 0 Å². The number of benzene rings is 1. The topological polar surface area (TPSA) is 81.4 Å². The molecule has 5 nitrogen and oxygen atoms in total. The number of hydrogen-bond donors (Lipinski definition) is 2. The summed E-state index contributed by atoms with van der Waals surface area (Å²) in [6.07, 6.45) is 0. The van der Waals surface area contributed by atoms with E-state index in [2.05, 4.69) is 10.1 Å².